The van der Waals surface area contributed by atoms with E-state index >= 15 is 0 Å². The Morgan fingerprint density at radius 2 is 1.66 bits per heavy atom. The summed E-state index contributed by atoms with van der Waals surface area (Å²) in [7, 11) is -1.92. The van der Waals surface area contributed by atoms with E-state index in [1.54, 1.807) is 55.7 Å². The second-order valence-electron chi connectivity index (χ2n) is 8.42. The number of hydrogen-bond acceptors (Lipinski definition) is 6. The fourth-order valence-electron chi connectivity index (χ4n) is 4.00. The lowest BCUT2D eigenvalue weighted by atomic mass is 9.96. The van der Waals surface area contributed by atoms with Gasteiger partial charge in [0.2, 0.25) is 15.9 Å². The standard InChI is InChI=1S/C26H29N3O5S/c1-29(21-7-3-2-4-8-21)35(31,32)24-16-10-20(11-17-24)28-25(30)19-33-22-12-14-23(15-13-22)34-26-9-5-6-18-27-26/h5-6,9-18,21H,2-4,7-8,19H2,1H3,(H,28,30). The first kappa shape index (κ1) is 24.7. The average molecular weight is 496 g/mol. The molecule has 0 atom stereocenters. The van der Waals surface area contributed by atoms with Gasteiger partial charge in [-0.2, -0.15) is 4.31 Å². The van der Waals surface area contributed by atoms with E-state index in [2.05, 4.69) is 10.3 Å². The molecule has 0 radical (unpaired) electrons. The molecule has 0 aliphatic heterocycles. The molecule has 0 spiro atoms. The summed E-state index contributed by atoms with van der Waals surface area (Å²) in [4.78, 5) is 16.6. The molecule has 0 unspecified atom stereocenters. The molecule has 1 heterocycles. The van der Waals surface area contributed by atoms with Crippen molar-refractivity contribution < 1.29 is 22.7 Å². The molecule has 1 N–H and O–H groups in total. The van der Waals surface area contributed by atoms with Crippen LogP contribution in [-0.4, -0.2) is 43.3 Å². The van der Waals surface area contributed by atoms with Crippen molar-refractivity contribution in [3.8, 4) is 17.4 Å². The lowest BCUT2D eigenvalue weighted by Gasteiger charge is -2.30. The summed E-state index contributed by atoms with van der Waals surface area (Å²) >= 11 is 0. The predicted molar refractivity (Wildman–Crippen MR) is 133 cm³/mol. The highest BCUT2D eigenvalue weighted by Gasteiger charge is 2.28. The number of anilines is 1. The summed E-state index contributed by atoms with van der Waals surface area (Å²) in [6.45, 7) is -0.190. The van der Waals surface area contributed by atoms with Crippen LogP contribution in [0.1, 0.15) is 32.1 Å². The Hall–Kier alpha value is -3.43. The molecule has 4 rings (SSSR count). The molecule has 2 aromatic carbocycles. The molecule has 1 saturated carbocycles. The lowest BCUT2D eigenvalue weighted by Crippen LogP contribution is -2.38. The number of nitrogens with zero attached hydrogens (tertiary/aromatic N) is 2. The fraction of sp³-hybridized carbons (Fsp3) is 0.308. The van der Waals surface area contributed by atoms with Crippen LogP contribution in [0.25, 0.3) is 0 Å². The number of nitrogens with one attached hydrogen (secondary N) is 1. The highest BCUT2D eigenvalue weighted by Crippen LogP contribution is 2.27. The van der Waals surface area contributed by atoms with E-state index in [0.717, 1.165) is 32.1 Å². The van der Waals surface area contributed by atoms with E-state index in [1.165, 1.54) is 16.4 Å². The molecular weight excluding hydrogens is 466 g/mol. The van der Waals surface area contributed by atoms with E-state index in [9.17, 15) is 13.2 Å². The van der Waals surface area contributed by atoms with Gasteiger partial charge in [-0.05, 0) is 67.4 Å². The summed E-state index contributed by atoms with van der Waals surface area (Å²) in [5.41, 5.74) is 0.497. The summed E-state index contributed by atoms with van der Waals surface area (Å²) < 4.78 is 38.6. The molecule has 1 amide bonds. The molecule has 1 aliphatic carbocycles. The third kappa shape index (κ3) is 6.58. The molecule has 8 nitrogen and oxygen atoms in total. The molecule has 9 heteroatoms. The van der Waals surface area contributed by atoms with Gasteiger partial charge >= 0.3 is 0 Å². The third-order valence-electron chi connectivity index (χ3n) is 5.96. The van der Waals surface area contributed by atoms with Crippen molar-refractivity contribution in [2.45, 2.75) is 43.0 Å². The normalized spacial score (nSPS) is 14.5. The maximum atomic E-state index is 13.0. The number of ether oxygens (including phenoxy) is 2. The number of hydrogen-bond donors (Lipinski definition) is 1. The highest BCUT2D eigenvalue weighted by atomic mass is 32.2. The summed E-state index contributed by atoms with van der Waals surface area (Å²) in [6.07, 6.45) is 6.71. The second-order valence-corrected chi connectivity index (χ2v) is 10.4. The first-order chi connectivity index (χ1) is 16.9. The van der Waals surface area contributed by atoms with Gasteiger partial charge in [0.25, 0.3) is 5.91 Å². The topological polar surface area (TPSA) is 97.8 Å². The molecule has 1 aliphatic rings. The minimum Gasteiger partial charge on any atom is -0.484 e. The number of sulfonamides is 1. The Bertz CT molecular complexity index is 1210. The maximum absolute atomic E-state index is 13.0. The molecular formula is C26H29N3O5S. The van der Waals surface area contributed by atoms with Gasteiger partial charge < -0.3 is 14.8 Å². The summed E-state index contributed by atoms with van der Waals surface area (Å²) in [5.74, 6) is 1.25. The predicted octanol–water partition coefficient (Wildman–Crippen LogP) is 4.84. The number of carbonyl (C=O) groups is 1. The van der Waals surface area contributed by atoms with Crippen LogP contribution in [0, 0.1) is 0 Å². The SMILES string of the molecule is CN(C1CCCCC1)S(=O)(=O)c1ccc(NC(=O)COc2ccc(Oc3ccccn3)cc2)cc1. The first-order valence-electron chi connectivity index (χ1n) is 11.6. The van der Waals surface area contributed by atoms with Crippen LogP contribution in [0.3, 0.4) is 0 Å². The zero-order chi connectivity index (χ0) is 24.7. The molecule has 0 saturated heterocycles. The summed E-state index contributed by atoms with van der Waals surface area (Å²) in [6, 6.07) is 18.5. The number of benzene rings is 2. The van der Waals surface area contributed by atoms with Gasteiger partial charge in [-0.15, -0.1) is 0 Å². The van der Waals surface area contributed by atoms with Crippen molar-refractivity contribution >= 4 is 21.6 Å². The number of amides is 1. The van der Waals surface area contributed by atoms with Crippen molar-refractivity contribution in [3.63, 3.8) is 0 Å². The number of carbonyl (C=O) groups excluding carboxylic acids is 1. The van der Waals surface area contributed by atoms with Crippen LogP contribution >= 0.6 is 0 Å². The Balaban J connectivity index is 1.27. The van der Waals surface area contributed by atoms with Gasteiger partial charge in [-0.1, -0.05) is 25.3 Å². The van der Waals surface area contributed by atoms with Crippen LogP contribution in [0.4, 0.5) is 5.69 Å². The molecule has 184 valence electrons. The van der Waals surface area contributed by atoms with E-state index < -0.39 is 10.0 Å². The van der Waals surface area contributed by atoms with Crippen molar-refractivity contribution in [2.24, 2.45) is 0 Å². The fourth-order valence-corrected chi connectivity index (χ4v) is 5.41. The minimum absolute atomic E-state index is 0.0425. The van der Waals surface area contributed by atoms with Crippen LogP contribution in [0.2, 0.25) is 0 Å². The van der Waals surface area contributed by atoms with Crippen LogP contribution in [0.15, 0.2) is 77.8 Å². The van der Waals surface area contributed by atoms with Gasteiger partial charge in [0.1, 0.15) is 11.5 Å². The maximum Gasteiger partial charge on any atom is 0.262 e. The van der Waals surface area contributed by atoms with Gasteiger partial charge in [-0.25, -0.2) is 13.4 Å². The van der Waals surface area contributed by atoms with Crippen LogP contribution in [0.5, 0.6) is 17.4 Å². The van der Waals surface area contributed by atoms with Crippen molar-refractivity contribution in [1.29, 1.82) is 0 Å². The third-order valence-corrected chi connectivity index (χ3v) is 7.88. The Kier molecular flexibility index (Phi) is 7.99. The second kappa shape index (κ2) is 11.3. The van der Waals surface area contributed by atoms with Crippen molar-refractivity contribution in [3.05, 3.63) is 72.9 Å². The first-order valence-corrected chi connectivity index (χ1v) is 13.1. The van der Waals surface area contributed by atoms with Gasteiger partial charge in [0.05, 0.1) is 4.90 Å². The molecule has 35 heavy (non-hydrogen) atoms. The van der Waals surface area contributed by atoms with Crippen molar-refractivity contribution in [2.75, 3.05) is 19.0 Å². The Labute approximate surface area is 206 Å². The van der Waals surface area contributed by atoms with E-state index in [1.807, 2.05) is 12.1 Å². The number of aromatic nitrogens is 1. The van der Waals surface area contributed by atoms with Gasteiger partial charge in [-0.3, -0.25) is 4.79 Å². The van der Waals surface area contributed by atoms with E-state index in [0.29, 0.717) is 23.1 Å². The quantitative estimate of drug-likeness (QED) is 0.456. The monoisotopic (exact) mass is 495 g/mol. The molecule has 1 aromatic heterocycles. The van der Waals surface area contributed by atoms with Crippen LogP contribution < -0.4 is 14.8 Å². The average Bonchev–Trinajstić information content (AvgIpc) is 2.89. The van der Waals surface area contributed by atoms with E-state index in [4.69, 9.17) is 9.47 Å². The number of rotatable bonds is 9. The van der Waals surface area contributed by atoms with Gasteiger partial charge in [0, 0.05) is 31.0 Å². The molecule has 1 fully saturated rings. The van der Waals surface area contributed by atoms with Gasteiger partial charge in [0.15, 0.2) is 6.61 Å². The molecule has 0 bridgehead atoms. The Morgan fingerprint density at radius 3 is 2.31 bits per heavy atom. The highest BCUT2D eigenvalue weighted by molar-refractivity contribution is 7.89. The Morgan fingerprint density at radius 1 is 0.971 bits per heavy atom. The zero-order valence-corrected chi connectivity index (χ0v) is 20.4. The van der Waals surface area contributed by atoms with Crippen molar-refractivity contribution in [1.82, 2.24) is 9.29 Å². The van der Waals surface area contributed by atoms with Crippen LogP contribution in [-0.2, 0) is 14.8 Å². The largest absolute Gasteiger partial charge is 0.484 e. The smallest absolute Gasteiger partial charge is 0.262 e. The number of pyridine rings is 1. The minimum atomic E-state index is -3.57. The summed E-state index contributed by atoms with van der Waals surface area (Å²) in [5, 5.41) is 2.72. The van der Waals surface area contributed by atoms with E-state index in [-0.39, 0.29) is 23.5 Å². The molecule has 3 aromatic rings. The zero-order valence-electron chi connectivity index (χ0n) is 19.6. The lowest BCUT2D eigenvalue weighted by molar-refractivity contribution is -0.118.